The summed E-state index contributed by atoms with van der Waals surface area (Å²) in [6, 6.07) is 13.3. The second kappa shape index (κ2) is 13.7. The van der Waals surface area contributed by atoms with Gasteiger partial charge in [0.15, 0.2) is 11.5 Å². The standard InChI is InChI=1S/C31H41BrN2O6/c1-4-6-16-33(17-8-7-15-32)28(35)20-34-19-25(22-9-14-26-27(18-22)40-21-39-26)29(30(36)37)31(34,5-2)23-10-12-24(38-3)13-11-23/h9-14,18,25,29H,4-8,15-17,19-21H2,1-3H3,(H,36,37)/t25-,29+,31-/m1/s1. The van der Waals surface area contributed by atoms with Crippen LogP contribution in [0.1, 0.15) is 63.0 Å². The van der Waals surface area contributed by atoms with E-state index >= 15 is 0 Å². The molecule has 0 spiro atoms. The molecule has 0 aliphatic carbocycles. The average Bonchev–Trinajstić information content (AvgIpc) is 3.57. The van der Waals surface area contributed by atoms with E-state index in [0.29, 0.717) is 43.3 Å². The molecule has 0 saturated carbocycles. The Morgan fingerprint density at radius 1 is 1.07 bits per heavy atom. The predicted octanol–water partition coefficient (Wildman–Crippen LogP) is 5.63. The second-order valence-corrected chi connectivity index (χ2v) is 11.3. The summed E-state index contributed by atoms with van der Waals surface area (Å²) in [7, 11) is 1.61. The number of methoxy groups -OCH3 is 1. The molecule has 40 heavy (non-hydrogen) atoms. The molecule has 0 unspecified atom stereocenters. The van der Waals surface area contributed by atoms with Crippen LogP contribution in [0.15, 0.2) is 42.5 Å². The van der Waals surface area contributed by atoms with Gasteiger partial charge >= 0.3 is 5.97 Å². The number of fused-ring (bicyclic) bond motifs is 1. The SMILES string of the molecule is CCCCN(CCCCBr)C(=O)CN1C[C@H](c2ccc3c(c2)OCO3)[C@@H](C(=O)O)[C@@]1(CC)c1ccc(OC)cc1. The number of carboxylic acids is 1. The fraction of sp³-hybridized carbons (Fsp3) is 0.548. The lowest BCUT2D eigenvalue weighted by Crippen LogP contribution is -2.51. The van der Waals surface area contributed by atoms with Crippen molar-refractivity contribution in [2.75, 3.05) is 45.4 Å². The second-order valence-electron chi connectivity index (χ2n) is 10.6. The minimum absolute atomic E-state index is 0.0461. The van der Waals surface area contributed by atoms with Crippen molar-refractivity contribution < 1.29 is 28.9 Å². The summed E-state index contributed by atoms with van der Waals surface area (Å²) >= 11 is 3.49. The molecule has 1 fully saturated rings. The Kier molecular flexibility index (Phi) is 10.4. The smallest absolute Gasteiger partial charge is 0.309 e. The number of unbranched alkanes of at least 4 members (excludes halogenated alkanes) is 2. The fourth-order valence-electron chi connectivity index (χ4n) is 6.32. The zero-order valence-corrected chi connectivity index (χ0v) is 25.3. The summed E-state index contributed by atoms with van der Waals surface area (Å²) in [5, 5.41) is 11.7. The Hall–Kier alpha value is -2.78. The van der Waals surface area contributed by atoms with Crippen molar-refractivity contribution in [1.29, 1.82) is 0 Å². The van der Waals surface area contributed by atoms with Crippen LogP contribution in [0, 0.1) is 5.92 Å². The normalized spacial score (nSPS) is 21.9. The number of halogens is 1. The van der Waals surface area contributed by atoms with Crippen LogP contribution in [0.2, 0.25) is 0 Å². The van der Waals surface area contributed by atoms with Crippen molar-refractivity contribution >= 4 is 27.8 Å². The Morgan fingerprint density at radius 3 is 2.45 bits per heavy atom. The Morgan fingerprint density at radius 2 is 1.80 bits per heavy atom. The molecule has 0 aromatic heterocycles. The number of hydrogen-bond donors (Lipinski definition) is 1. The Labute approximate surface area is 245 Å². The molecule has 0 radical (unpaired) electrons. The highest BCUT2D eigenvalue weighted by atomic mass is 79.9. The third-order valence-corrected chi connectivity index (χ3v) is 8.95. The van der Waals surface area contributed by atoms with Gasteiger partial charge in [-0.1, -0.05) is 54.4 Å². The number of carbonyl (C=O) groups excluding carboxylic acids is 1. The van der Waals surface area contributed by atoms with Crippen molar-refractivity contribution in [3.8, 4) is 17.2 Å². The van der Waals surface area contributed by atoms with Crippen LogP contribution in [0.4, 0.5) is 0 Å². The average molecular weight is 618 g/mol. The maximum absolute atomic E-state index is 13.9. The van der Waals surface area contributed by atoms with E-state index in [9.17, 15) is 14.7 Å². The molecule has 1 saturated heterocycles. The number of ether oxygens (including phenoxy) is 3. The van der Waals surface area contributed by atoms with Crippen LogP contribution in [0.3, 0.4) is 0 Å². The molecule has 0 bridgehead atoms. The lowest BCUT2D eigenvalue weighted by Gasteiger charge is -2.42. The van der Waals surface area contributed by atoms with E-state index in [1.165, 1.54) is 0 Å². The predicted molar refractivity (Wildman–Crippen MR) is 157 cm³/mol. The molecule has 218 valence electrons. The van der Waals surface area contributed by atoms with Crippen molar-refractivity contribution in [3.63, 3.8) is 0 Å². The van der Waals surface area contributed by atoms with Gasteiger partial charge in [0, 0.05) is 30.9 Å². The third kappa shape index (κ3) is 6.10. The number of benzene rings is 2. The highest BCUT2D eigenvalue weighted by molar-refractivity contribution is 9.09. The minimum atomic E-state index is -0.888. The van der Waals surface area contributed by atoms with Crippen LogP contribution in [-0.2, 0) is 15.1 Å². The molecule has 9 heteroatoms. The van der Waals surface area contributed by atoms with Gasteiger partial charge < -0.3 is 24.2 Å². The van der Waals surface area contributed by atoms with Gasteiger partial charge in [-0.15, -0.1) is 0 Å². The Balaban J connectivity index is 1.75. The third-order valence-electron chi connectivity index (χ3n) is 8.39. The number of aliphatic carboxylic acids is 1. The highest BCUT2D eigenvalue weighted by Crippen LogP contribution is 2.53. The van der Waals surface area contributed by atoms with Gasteiger partial charge in [-0.3, -0.25) is 14.5 Å². The summed E-state index contributed by atoms with van der Waals surface area (Å²) in [5.41, 5.74) is 0.859. The molecular weight excluding hydrogens is 576 g/mol. The number of carboxylic acid groups (broad SMARTS) is 1. The van der Waals surface area contributed by atoms with Crippen LogP contribution < -0.4 is 14.2 Å². The summed E-state index contributed by atoms with van der Waals surface area (Å²) in [6.07, 6.45) is 4.40. The molecule has 2 aliphatic heterocycles. The zero-order chi connectivity index (χ0) is 28.7. The highest BCUT2D eigenvalue weighted by Gasteiger charge is 2.58. The first kappa shape index (κ1) is 30.2. The van der Waals surface area contributed by atoms with Crippen molar-refractivity contribution in [1.82, 2.24) is 9.80 Å². The van der Waals surface area contributed by atoms with Gasteiger partial charge in [0.2, 0.25) is 12.7 Å². The first-order valence-electron chi connectivity index (χ1n) is 14.2. The van der Waals surface area contributed by atoms with Crippen molar-refractivity contribution in [2.24, 2.45) is 5.92 Å². The van der Waals surface area contributed by atoms with Gasteiger partial charge in [0.05, 0.1) is 25.1 Å². The van der Waals surface area contributed by atoms with Crippen LogP contribution in [-0.4, -0.2) is 72.2 Å². The fourth-order valence-corrected chi connectivity index (χ4v) is 6.72. The van der Waals surface area contributed by atoms with E-state index in [2.05, 4.69) is 27.8 Å². The molecule has 4 rings (SSSR count). The maximum Gasteiger partial charge on any atom is 0.309 e. The van der Waals surface area contributed by atoms with E-state index in [1.54, 1.807) is 7.11 Å². The molecule has 2 aromatic carbocycles. The molecule has 8 nitrogen and oxygen atoms in total. The van der Waals surface area contributed by atoms with Gasteiger partial charge in [-0.05, 0) is 61.1 Å². The number of rotatable bonds is 14. The van der Waals surface area contributed by atoms with Gasteiger partial charge in [-0.2, -0.15) is 0 Å². The van der Waals surface area contributed by atoms with Gasteiger partial charge in [0.1, 0.15) is 5.75 Å². The van der Waals surface area contributed by atoms with E-state index < -0.39 is 17.4 Å². The van der Waals surface area contributed by atoms with E-state index in [4.69, 9.17) is 14.2 Å². The lowest BCUT2D eigenvalue weighted by atomic mass is 9.71. The van der Waals surface area contributed by atoms with Gasteiger partial charge in [0.25, 0.3) is 0 Å². The molecule has 3 atom stereocenters. The summed E-state index contributed by atoms with van der Waals surface area (Å²) in [4.78, 5) is 31.1. The number of hydrogen-bond acceptors (Lipinski definition) is 6. The number of alkyl halides is 1. The molecule has 2 aromatic rings. The maximum atomic E-state index is 13.9. The number of likely N-dealkylation sites (tertiary alicyclic amines) is 1. The number of carbonyl (C=O) groups is 2. The molecule has 1 N–H and O–H groups in total. The molecule has 2 heterocycles. The molecule has 2 aliphatic rings. The Bertz CT molecular complexity index is 1160. The van der Waals surface area contributed by atoms with Gasteiger partial charge in [-0.25, -0.2) is 0 Å². The zero-order valence-electron chi connectivity index (χ0n) is 23.7. The van der Waals surface area contributed by atoms with Crippen LogP contribution in [0.5, 0.6) is 17.2 Å². The largest absolute Gasteiger partial charge is 0.497 e. The quantitative estimate of drug-likeness (QED) is 0.217. The van der Waals surface area contributed by atoms with Crippen LogP contribution >= 0.6 is 15.9 Å². The number of nitrogens with zero attached hydrogens (tertiary/aromatic N) is 2. The van der Waals surface area contributed by atoms with Crippen molar-refractivity contribution in [2.45, 2.75) is 57.4 Å². The van der Waals surface area contributed by atoms with Crippen molar-refractivity contribution in [3.05, 3.63) is 53.6 Å². The van der Waals surface area contributed by atoms with E-state index in [0.717, 1.165) is 42.1 Å². The summed E-state index contributed by atoms with van der Waals surface area (Å²) in [6.45, 7) is 6.30. The molecule has 1 amide bonds. The lowest BCUT2D eigenvalue weighted by molar-refractivity contribution is -0.147. The topological polar surface area (TPSA) is 88.5 Å². The van der Waals surface area contributed by atoms with E-state index in [1.807, 2.05) is 54.3 Å². The first-order valence-corrected chi connectivity index (χ1v) is 15.4. The first-order chi connectivity index (χ1) is 19.4. The monoisotopic (exact) mass is 616 g/mol. The number of amides is 1. The summed E-state index contributed by atoms with van der Waals surface area (Å²) < 4.78 is 16.5. The molecular formula is C31H41BrN2O6. The minimum Gasteiger partial charge on any atom is -0.497 e. The van der Waals surface area contributed by atoms with Crippen LogP contribution in [0.25, 0.3) is 0 Å². The van der Waals surface area contributed by atoms with E-state index in [-0.39, 0.29) is 25.2 Å². The summed E-state index contributed by atoms with van der Waals surface area (Å²) in [5.74, 6) is 0.0244.